The Kier molecular flexibility index (Phi) is 6.66. The van der Waals surface area contributed by atoms with E-state index in [9.17, 15) is 14.4 Å². The number of pyridine rings is 1. The number of thiophene rings is 1. The van der Waals surface area contributed by atoms with Gasteiger partial charge in [0, 0.05) is 17.6 Å². The second-order valence-corrected chi connectivity index (χ2v) is 10.5. The lowest BCUT2D eigenvalue weighted by molar-refractivity contribution is -0.119. The van der Waals surface area contributed by atoms with Gasteiger partial charge < -0.3 is 26.4 Å². The Morgan fingerprint density at radius 1 is 1.05 bits per heavy atom. The van der Waals surface area contributed by atoms with Crippen LogP contribution in [0.4, 0.5) is 21.9 Å². The van der Waals surface area contributed by atoms with E-state index in [-0.39, 0.29) is 24.4 Å². The summed E-state index contributed by atoms with van der Waals surface area (Å²) in [6.07, 6.45) is 3.71. The number of para-hydroxylation sites is 1. The van der Waals surface area contributed by atoms with Gasteiger partial charge in [0.1, 0.15) is 21.2 Å². The highest BCUT2D eigenvalue weighted by molar-refractivity contribution is 7.21. The summed E-state index contributed by atoms with van der Waals surface area (Å²) in [7, 11) is 0. The van der Waals surface area contributed by atoms with E-state index < -0.39 is 0 Å². The average Bonchev–Trinajstić information content (AvgIpc) is 3.55. The number of carbonyl (C=O) groups is 3. The summed E-state index contributed by atoms with van der Waals surface area (Å²) in [5, 5.41) is 9.32. The van der Waals surface area contributed by atoms with E-state index in [0.717, 1.165) is 17.7 Å². The van der Waals surface area contributed by atoms with Gasteiger partial charge in [-0.2, -0.15) is 0 Å². The van der Waals surface area contributed by atoms with E-state index in [0.29, 0.717) is 62.1 Å². The van der Waals surface area contributed by atoms with Crippen molar-refractivity contribution in [3.05, 3.63) is 82.6 Å². The monoisotopic (exact) mass is 554 g/mol. The molecule has 2 aromatic carbocycles. The Hall–Kier alpha value is -4.74. The van der Waals surface area contributed by atoms with Crippen LogP contribution in [0, 0.1) is 6.92 Å². The fraction of sp³-hybridized carbons (Fsp3) is 0.172. The van der Waals surface area contributed by atoms with E-state index in [1.165, 1.54) is 11.3 Å². The van der Waals surface area contributed by atoms with Crippen LogP contribution in [0.25, 0.3) is 10.2 Å². The van der Waals surface area contributed by atoms with Crippen LogP contribution in [0.2, 0.25) is 0 Å². The van der Waals surface area contributed by atoms with Gasteiger partial charge in [-0.3, -0.25) is 14.5 Å². The second kappa shape index (κ2) is 10.4. The molecule has 0 saturated heterocycles. The Bertz CT molecular complexity index is 1700. The Labute approximate surface area is 233 Å². The number of anilines is 3. The molecule has 2 aromatic heterocycles. The minimum absolute atomic E-state index is 0.135. The van der Waals surface area contributed by atoms with Crippen LogP contribution in [0.5, 0.6) is 11.5 Å². The molecule has 0 atom stereocenters. The number of ether oxygens (including phenoxy) is 1. The molecule has 0 fully saturated rings. The van der Waals surface area contributed by atoms with E-state index in [1.807, 2.05) is 55.5 Å². The highest BCUT2D eigenvalue weighted by atomic mass is 32.1. The number of hydrogen-bond acceptors (Lipinski definition) is 7. The predicted octanol–water partition coefficient (Wildman–Crippen LogP) is 5.28. The first-order chi connectivity index (χ1) is 19.4. The van der Waals surface area contributed by atoms with E-state index >= 15 is 0 Å². The maximum atomic E-state index is 13.5. The Morgan fingerprint density at radius 3 is 2.58 bits per heavy atom. The molecule has 10 nitrogen and oxygen atoms in total. The highest BCUT2D eigenvalue weighted by Crippen LogP contribution is 2.46. The van der Waals surface area contributed by atoms with Crippen LogP contribution in [0.15, 0.2) is 72.2 Å². The van der Waals surface area contributed by atoms with Crippen LogP contribution in [-0.4, -0.2) is 29.4 Å². The number of benzene rings is 2. The zero-order valence-electron chi connectivity index (χ0n) is 21.6. The van der Waals surface area contributed by atoms with E-state index in [4.69, 9.17) is 10.5 Å². The molecular weight excluding hydrogens is 528 g/mol. The first kappa shape index (κ1) is 25.5. The number of nitrogens with one attached hydrogen (secondary N) is 3. The van der Waals surface area contributed by atoms with Gasteiger partial charge in [-0.25, -0.2) is 9.78 Å². The molecule has 1 aliphatic carbocycles. The van der Waals surface area contributed by atoms with E-state index in [1.54, 1.807) is 17.2 Å². The third-order valence-corrected chi connectivity index (χ3v) is 7.89. The zero-order chi connectivity index (χ0) is 27.8. The van der Waals surface area contributed by atoms with Gasteiger partial charge in [0.05, 0.1) is 29.0 Å². The molecule has 0 radical (unpaired) electrons. The summed E-state index contributed by atoms with van der Waals surface area (Å²) in [5.74, 6) is 0.699. The van der Waals surface area contributed by atoms with Crippen molar-refractivity contribution in [2.45, 2.75) is 26.2 Å². The molecule has 0 unspecified atom stereocenters. The molecule has 6 rings (SSSR count). The van der Waals surface area contributed by atoms with Gasteiger partial charge in [-0.15, -0.1) is 11.3 Å². The molecule has 11 heteroatoms. The molecule has 202 valence electrons. The number of allylic oxidation sites excluding steroid dienone is 2. The molecule has 4 amide bonds. The van der Waals surface area contributed by atoms with Crippen LogP contribution in [0.1, 0.15) is 34.5 Å². The lowest BCUT2D eigenvalue weighted by atomic mass is 10.1. The fourth-order valence-electron chi connectivity index (χ4n) is 4.98. The average molecular weight is 555 g/mol. The van der Waals surface area contributed by atoms with Crippen molar-refractivity contribution < 1.29 is 19.1 Å². The summed E-state index contributed by atoms with van der Waals surface area (Å²) >= 11 is 1.21. The van der Waals surface area contributed by atoms with Crippen LogP contribution >= 0.6 is 11.3 Å². The van der Waals surface area contributed by atoms with E-state index in [2.05, 4.69) is 20.9 Å². The number of nitrogens with zero attached hydrogens (tertiary/aromatic N) is 2. The lowest BCUT2D eigenvalue weighted by Crippen LogP contribution is -2.35. The van der Waals surface area contributed by atoms with Crippen molar-refractivity contribution in [2.75, 3.05) is 16.8 Å². The standard InChI is InChI=1S/C29H26N6O4S/c1-16-14-18(39-17-6-3-2-4-7-17)10-11-21(16)35-22-12-13-31-28-24(22)25(34-29(35)38)26(40-28)27(37)33-20-9-5-8-19(20)32-23(36)15-30/h2-4,6-7,10-14H,5,8-9,15,30H2,1H3,(H,32,36)(H,33,37)(H,34,38). The van der Waals surface area contributed by atoms with Crippen molar-refractivity contribution >= 4 is 56.5 Å². The number of aromatic nitrogens is 1. The minimum atomic E-state index is -0.386. The summed E-state index contributed by atoms with van der Waals surface area (Å²) < 4.78 is 5.96. The molecule has 0 saturated carbocycles. The smallest absolute Gasteiger partial charge is 0.331 e. The predicted molar refractivity (Wildman–Crippen MR) is 154 cm³/mol. The Morgan fingerprint density at radius 2 is 1.82 bits per heavy atom. The third-order valence-electron chi connectivity index (χ3n) is 6.80. The number of carbonyl (C=O) groups excluding carboxylic acids is 3. The van der Waals surface area contributed by atoms with Crippen LogP contribution < -0.4 is 31.3 Å². The summed E-state index contributed by atoms with van der Waals surface area (Å²) in [4.78, 5) is 45.8. The number of nitrogens with two attached hydrogens (primary N) is 1. The number of urea groups is 1. The van der Waals surface area contributed by atoms with Crippen molar-refractivity contribution in [2.24, 2.45) is 5.73 Å². The van der Waals surface area contributed by atoms with Gasteiger partial charge in [0.15, 0.2) is 0 Å². The summed E-state index contributed by atoms with van der Waals surface area (Å²) in [6, 6.07) is 16.4. The molecule has 40 heavy (non-hydrogen) atoms. The quantitative estimate of drug-likeness (QED) is 0.245. The maximum Gasteiger partial charge on any atom is 0.331 e. The van der Waals surface area contributed by atoms with Crippen molar-refractivity contribution in [3.8, 4) is 11.5 Å². The number of rotatable bonds is 7. The normalized spacial score (nSPS) is 14.3. The lowest BCUT2D eigenvalue weighted by Gasteiger charge is -2.29. The first-order valence-electron chi connectivity index (χ1n) is 12.8. The topological polar surface area (TPSA) is 139 Å². The van der Waals surface area contributed by atoms with Gasteiger partial charge in [-0.05, 0) is 68.1 Å². The highest BCUT2D eigenvalue weighted by Gasteiger charge is 2.34. The molecule has 0 spiro atoms. The SMILES string of the molecule is Cc1cc(Oc2ccccc2)ccc1N1C(=O)Nc2c(C(=O)NC3=C(NC(=O)CN)CCC3)sc3nccc1c23. The number of amides is 4. The Balaban J connectivity index is 1.32. The van der Waals surface area contributed by atoms with Crippen LogP contribution in [0.3, 0.4) is 0 Å². The van der Waals surface area contributed by atoms with Gasteiger partial charge in [0.2, 0.25) is 5.91 Å². The molecule has 0 bridgehead atoms. The fourth-order valence-corrected chi connectivity index (χ4v) is 6.00. The zero-order valence-corrected chi connectivity index (χ0v) is 22.4. The molecule has 1 aliphatic heterocycles. The van der Waals surface area contributed by atoms with Gasteiger partial charge in [0.25, 0.3) is 5.91 Å². The van der Waals surface area contributed by atoms with Crippen LogP contribution in [-0.2, 0) is 4.79 Å². The summed E-state index contributed by atoms with van der Waals surface area (Å²) in [6.45, 7) is 1.78. The maximum absolute atomic E-state index is 13.5. The minimum Gasteiger partial charge on any atom is -0.457 e. The molecule has 3 heterocycles. The van der Waals surface area contributed by atoms with Crippen molar-refractivity contribution in [3.63, 3.8) is 0 Å². The third kappa shape index (κ3) is 4.65. The molecule has 4 aromatic rings. The molecule has 2 aliphatic rings. The van der Waals surface area contributed by atoms with Crippen molar-refractivity contribution in [1.82, 2.24) is 15.6 Å². The first-order valence-corrected chi connectivity index (χ1v) is 13.6. The molecular formula is C29H26N6O4S. The van der Waals surface area contributed by atoms with Gasteiger partial charge in [-0.1, -0.05) is 18.2 Å². The number of hydrogen-bond donors (Lipinski definition) is 4. The summed E-state index contributed by atoms with van der Waals surface area (Å²) in [5.41, 5.74) is 9.33. The largest absolute Gasteiger partial charge is 0.457 e. The van der Waals surface area contributed by atoms with Crippen molar-refractivity contribution in [1.29, 1.82) is 0 Å². The van der Waals surface area contributed by atoms with Gasteiger partial charge >= 0.3 is 6.03 Å². The molecule has 5 N–H and O–H groups in total. The number of aryl methyl sites for hydroxylation is 1. The second-order valence-electron chi connectivity index (χ2n) is 9.46.